The van der Waals surface area contributed by atoms with Crippen molar-refractivity contribution < 1.29 is 20.1 Å². The van der Waals surface area contributed by atoms with Crippen molar-refractivity contribution in [3.05, 3.63) is 0 Å². The Kier molecular flexibility index (Phi) is 43.9. The molecule has 4 atom stereocenters. The lowest BCUT2D eigenvalue weighted by Crippen LogP contribution is -2.50. The van der Waals surface area contributed by atoms with Gasteiger partial charge >= 0.3 is 0 Å². The van der Waals surface area contributed by atoms with Gasteiger partial charge in [-0.2, -0.15) is 0 Å². The van der Waals surface area contributed by atoms with Crippen molar-refractivity contribution in [2.24, 2.45) is 5.92 Å². The van der Waals surface area contributed by atoms with E-state index < -0.39 is 18.2 Å². The summed E-state index contributed by atoms with van der Waals surface area (Å²) in [5.41, 5.74) is 0. The maximum absolute atomic E-state index is 12.5. The lowest BCUT2D eigenvalue weighted by Gasteiger charge is -2.26. The van der Waals surface area contributed by atoms with E-state index in [0.717, 1.165) is 38.0 Å². The molecule has 4 unspecified atom stereocenters. The van der Waals surface area contributed by atoms with Crippen molar-refractivity contribution in [3.8, 4) is 0 Å². The third kappa shape index (κ3) is 39.9. The van der Waals surface area contributed by atoms with Crippen LogP contribution in [0.25, 0.3) is 0 Å². The molecule has 0 spiro atoms. The van der Waals surface area contributed by atoms with E-state index in [0.29, 0.717) is 12.8 Å². The van der Waals surface area contributed by atoms with E-state index >= 15 is 0 Å². The zero-order chi connectivity index (χ0) is 40.3. The van der Waals surface area contributed by atoms with Crippen LogP contribution in [0.5, 0.6) is 0 Å². The van der Waals surface area contributed by atoms with Crippen LogP contribution in [0, 0.1) is 5.92 Å². The Morgan fingerprint density at radius 3 is 1.04 bits per heavy atom. The fraction of sp³-hybridized carbons (Fsp3) is 0.980. The summed E-state index contributed by atoms with van der Waals surface area (Å²) in [5.74, 6) is 0.762. The van der Waals surface area contributed by atoms with E-state index in [1.54, 1.807) is 0 Å². The zero-order valence-electron chi connectivity index (χ0n) is 37.8. The Bertz CT molecular complexity index is 747. The van der Waals surface area contributed by atoms with Gasteiger partial charge in [0.25, 0.3) is 0 Å². The second-order valence-corrected chi connectivity index (χ2v) is 18.0. The van der Waals surface area contributed by atoms with Gasteiger partial charge in [0, 0.05) is 6.42 Å². The van der Waals surface area contributed by atoms with Crippen molar-refractivity contribution in [1.29, 1.82) is 0 Å². The minimum absolute atomic E-state index is 0.138. The van der Waals surface area contributed by atoms with Crippen molar-refractivity contribution in [2.45, 2.75) is 302 Å². The quantitative estimate of drug-likeness (QED) is 0.0463. The number of aliphatic hydroxyl groups excluding tert-OH is 3. The van der Waals surface area contributed by atoms with Gasteiger partial charge < -0.3 is 20.6 Å². The number of nitrogens with one attached hydrogen (secondary N) is 1. The maximum Gasteiger partial charge on any atom is 0.220 e. The molecule has 330 valence electrons. The summed E-state index contributed by atoms with van der Waals surface area (Å²) < 4.78 is 0. The van der Waals surface area contributed by atoms with Gasteiger partial charge in [-0.05, 0) is 18.8 Å². The molecule has 1 amide bonds. The van der Waals surface area contributed by atoms with Gasteiger partial charge in [-0.25, -0.2) is 0 Å². The van der Waals surface area contributed by atoms with Crippen LogP contribution in [0.2, 0.25) is 0 Å². The summed E-state index contributed by atoms with van der Waals surface area (Å²) in [6.45, 7) is 6.60. The molecule has 0 aliphatic rings. The molecule has 0 aliphatic carbocycles. The molecule has 4 N–H and O–H groups in total. The van der Waals surface area contributed by atoms with Gasteiger partial charge in [0.2, 0.25) is 5.91 Å². The summed E-state index contributed by atoms with van der Waals surface area (Å²) in [7, 11) is 0. The van der Waals surface area contributed by atoms with E-state index in [4.69, 9.17) is 0 Å². The predicted molar refractivity (Wildman–Crippen MR) is 241 cm³/mol. The van der Waals surface area contributed by atoms with Crippen molar-refractivity contribution in [1.82, 2.24) is 5.32 Å². The zero-order valence-corrected chi connectivity index (χ0v) is 37.8. The molecule has 0 saturated heterocycles. The second kappa shape index (κ2) is 44.5. The van der Waals surface area contributed by atoms with Gasteiger partial charge in [-0.15, -0.1) is 0 Å². The highest BCUT2D eigenvalue weighted by Crippen LogP contribution is 2.18. The van der Waals surface area contributed by atoms with Gasteiger partial charge in [0.1, 0.15) is 6.10 Å². The first-order chi connectivity index (χ1) is 27.0. The Hall–Kier alpha value is -0.650. The average Bonchev–Trinajstić information content (AvgIpc) is 3.19. The van der Waals surface area contributed by atoms with E-state index in [-0.39, 0.29) is 12.5 Å². The smallest absolute Gasteiger partial charge is 0.220 e. The molecule has 0 aliphatic heterocycles. The van der Waals surface area contributed by atoms with Crippen LogP contribution in [0.1, 0.15) is 284 Å². The maximum atomic E-state index is 12.5. The number of hydrogen-bond donors (Lipinski definition) is 4. The molecular weight excluding hydrogens is 679 g/mol. The van der Waals surface area contributed by atoms with E-state index in [2.05, 4.69) is 26.1 Å². The third-order valence-corrected chi connectivity index (χ3v) is 12.5. The fourth-order valence-corrected chi connectivity index (χ4v) is 8.20. The standard InChI is InChI=1S/C50H101NO4/c1-4-6-7-8-9-10-11-12-13-14-15-16-17-18-19-20-21-26-29-32-35-38-41-44-49(54)51-47(45-52)50(55)48(53)43-40-37-34-31-28-25-23-22-24-27-30-33-36-39-42-46(3)5-2/h46-48,50,52-53,55H,4-45H2,1-3H3,(H,51,54). The van der Waals surface area contributed by atoms with Crippen LogP contribution in [0.15, 0.2) is 0 Å². The number of hydrogen-bond acceptors (Lipinski definition) is 4. The van der Waals surface area contributed by atoms with Crippen LogP contribution in [-0.2, 0) is 4.79 Å². The number of carbonyl (C=O) groups excluding carboxylic acids is 1. The molecule has 0 radical (unpaired) electrons. The molecule has 5 nitrogen and oxygen atoms in total. The highest BCUT2D eigenvalue weighted by atomic mass is 16.3. The normalized spacial score (nSPS) is 13.9. The van der Waals surface area contributed by atoms with E-state index in [1.165, 1.54) is 218 Å². The topological polar surface area (TPSA) is 89.8 Å². The molecule has 0 fully saturated rings. The molecule has 0 saturated carbocycles. The van der Waals surface area contributed by atoms with E-state index in [9.17, 15) is 20.1 Å². The Morgan fingerprint density at radius 1 is 0.436 bits per heavy atom. The first kappa shape index (κ1) is 54.3. The number of carbonyl (C=O) groups is 1. The van der Waals surface area contributed by atoms with Crippen LogP contribution in [0.4, 0.5) is 0 Å². The lowest BCUT2D eigenvalue weighted by atomic mass is 9.99. The van der Waals surface area contributed by atoms with Crippen LogP contribution < -0.4 is 5.32 Å². The molecule has 0 bridgehead atoms. The molecule has 55 heavy (non-hydrogen) atoms. The van der Waals surface area contributed by atoms with Gasteiger partial charge in [0.05, 0.1) is 18.8 Å². The largest absolute Gasteiger partial charge is 0.394 e. The molecule has 5 heteroatoms. The van der Waals surface area contributed by atoms with Gasteiger partial charge in [0.15, 0.2) is 0 Å². The number of unbranched alkanes of at least 4 members (excludes halogenated alkanes) is 35. The summed E-state index contributed by atoms with van der Waals surface area (Å²) in [6.07, 6.45) is 50.8. The molecule has 0 heterocycles. The molecule has 0 rings (SSSR count). The van der Waals surface area contributed by atoms with Gasteiger partial charge in [-0.3, -0.25) is 4.79 Å². The van der Waals surface area contributed by atoms with Crippen molar-refractivity contribution >= 4 is 5.91 Å². The fourth-order valence-electron chi connectivity index (χ4n) is 8.20. The Morgan fingerprint density at radius 2 is 0.727 bits per heavy atom. The summed E-state index contributed by atoms with van der Waals surface area (Å²) in [4.78, 5) is 12.5. The monoisotopic (exact) mass is 780 g/mol. The summed E-state index contributed by atoms with van der Waals surface area (Å²) in [6, 6.07) is -0.804. The SMILES string of the molecule is CCCCCCCCCCCCCCCCCCCCCCCCCC(=O)NC(CO)C(O)C(O)CCCCCCCCCCCCCCCCC(C)CC. The first-order valence-electron chi connectivity index (χ1n) is 25.2. The summed E-state index contributed by atoms with van der Waals surface area (Å²) in [5, 5.41) is 33.7. The highest BCUT2D eigenvalue weighted by Gasteiger charge is 2.26. The molecule has 0 aromatic rings. The Labute approximate surface area is 345 Å². The van der Waals surface area contributed by atoms with E-state index in [1.807, 2.05) is 0 Å². The molecule has 0 aromatic carbocycles. The number of amides is 1. The molecular formula is C50H101NO4. The number of rotatable bonds is 46. The van der Waals surface area contributed by atoms with Crippen LogP contribution in [0.3, 0.4) is 0 Å². The lowest BCUT2D eigenvalue weighted by molar-refractivity contribution is -0.124. The van der Waals surface area contributed by atoms with Crippen LogP contribution >= 0.6 is 0 Å². The average molecular weight is 780 g/mol. The van der Waals surface area contributed by atoms with Gasteiger partial charge in [-0.1, -0.05) is 265 Å². The van der Waals surface area contributed by atoms with Crippen molar-refractivity contribution in [2.75, 3.05) is 6.61 Å². The second-order valence-electron chi connectivity index (χ2n) is 18.0. The van der Waals surface area contributed by atoms with Crippen molar-refractivity contribution in [3.63, 3.8) is 0 Å². The first-order valence-corrected chi connectivity index (χ1v) is 25.2. The third-order valence-electron chi connectivity index (χ3n) is 12.5. The molecule has 0 aromatic heterocycles. The highest BCUT2D eigenvalue weighted by molar-refractivity contribution is 5.76. The Balaban J connectivity index is 3.54. The predicted octanol–water partition coefficient (Wildman–Crippen LogP) is 14.9. The number of aliphatic hydroxyl groups is 3. The minimum atomic E-state index is -1.13. The van der Waals surface area contributed by atoms with Crippen LogP contribution in [-0.4, -0.2) is 46.1 Å². The summed E-state index contributed by atoms with van der Waals surface area (Å²) >= 11 is 0. The minimum Gasteiger partial charge on any atom is -0.394 e.